The maximum absolute atomic E-state index is 10.2. The van der Waals surface area contributed by atoms with Crippen molar-refractivity contribution in [3.8, 4) is 0 Å². The van der Waals surface area contributed by atoms with Crippen molar-refractivity contribution in [1.29, 1.82) is 0 Å². The van der Waals surface area contributed by atoms with Crippen LogP contribution in [0.5, 0.6) is 0 Å². The monoisotopic (exact) mass is 283 g/mol. The molecule has 1 N–H and O–H groups in total. The smallest absolute Gasteiger partial charge is 0.223 e. The molecule has 0 amide bonds. The zero-order valence-corrected chi connectivity index (χ0v) is 12.6. The number of hydrogen-bond donors (Lipinski definition) is 1. The molecule has 1 saturated heterocycles. The topological polar surface area (TPSA) is 68.9 Å². The molecule has 0 aromatic carbocycles. The quantitative estimate of drug-likeness (QED) is 0.749. The molecule has 20 heavy (non-hydrogen) atoms. The molecular formula is C13H25N5O2. The van der Waals surface area contributed by atoms with Gasteiger partial charge in [-0.2, -0.15) is 4.98 Å². The van der Waals surface area contributed by atoms with Crippen molar-refractivity contribution in [2.75, 3.05) is 53.4 Å². The molecule has 2 heterocycles. The predicted molar refractivity (Wildman–Crippen MR) is 75.3 cm³/mol. The first kappa shape index (κ1) is 15.4. The summed E-state index contributed by atoms with van der Waals surface area (Å²) < 4.78 is 4.94. The van der Waals surface area contributed by atoms with E-state index in [-0.39, 0.29) is 6.10 Å². The van der Waals surface area contributed by atoms with Crippen molar-refractivity contribution in [3.05, 3.63) is 11.7 Å². The summed E-state index contributed by atoms with van der Waals surface area (Å²) >= 11 is 0. The second-order valence-corrected chi connectivity index (χ2v) is 5.68. The van der Waals surface area contributed by atoms with Crippen LogP contribution >= 0.6 is 0 Å². The van der Waals surface area contributed by atoms with E-state index in [1.807, 2.05) is 11.9 Å². The van der Waals surface area contributed by atoms with Gasteiger partial charge >= 0.3 is 0 Å². The van der Waals surface area contributed by atoms with Crippen LogP contribution in [0.25, 0.3) is 0 Å². The standard InChI is InChI=1S/C13H25N5O2/c1-11-14-13(15-20-11)10-17(3)8-12(19)9-18-6-4-16(2)5-7-18/h12,19H,4-10H2,1-3H3. The van der Waals surface area contributed by atoms with Gasteiger partial charge in [-0.1, -0.05) is 5.16 Å². The largest absolute Gasteiger partial charge is 0.390 e. The number of aromatic nitrogens is 2. The summed E-state index contributed by atoms with van der Waals surface area (Å²) in [6, 6.07) is 0. The predicted octanol–water partition coefficient (Wildman–Crippen LogP) is -0.582. The van der Waals surface area contributed by atoms with Crippen LogP contribution in [0.15, 0.2) is 4.52 Å². The van der Waals surface area contributed by atoms with Crippen LogP contribution in [-0.2, 0) is 6.54 Å². The van der Waals surface area contributed by atoms with E-state index < -0.39 is 0 Å². The van der Waals surface area contributed by atoms with E-state index in [4.69, 9.17) is 4.52 Å². The molecule has 1 aliphatic rings. The van der Waals surface area contributed by atoms with Gasteiger partial charge < -0.3 is 14.5 Å². The van der Waals surface area contributed by atoms with Gasteiger partial charge in [0.05, 0.1) is 12.6 Å². The van der Waals surface area contributed by atoms with Gasteiger partial charge in [0.2, 0.25) is 5.89 Å². The average Bonchev–Trinajstić information content (AvgIpc) is 2.77. The number of nitrogens with zero attached hydrogens (tertiary/aromatic N) is 5. The third-order valence-corrected chi connectivity index (χ3v) is 3.57. The van der Waals surface area contributed by atoms with Gasteiger partial charge in [0.25, 0.3) is 0 Å². The Hall–Kier alpha value is -1.02. The van der Waals surface area contributed by atoms with Gasteiger partial charge in [0, 0.05) is 46.2 Å². The Kier molecular flexibility index (Phi) is 5.47. The Morgan fingerprint density at radius 3 is 2.65 bits per heavy atom. The first-order valence-corrected chi connectivity index (χ1v) is 7.09. The zero-order chi connectivity index (χ0) is 14.5. The van der Waals surface area contributed by atoms with Crippen LogP contribution in [0.3, 0.4) is 0 Å². The number of piperazine rings is 1. The first-order valence-electron chi connectivity index (χ1n) is 7.09. The normalized spacial score (nSPS) is 19.6. The molecule has 114 valence electrons. The van der Waals surface area contributed by atoms with Crippen molar-refractivity contribution in [1.82, 2.24) is 24.8 Å². The molecule has 1 unspecified atom stereocenters. The Morgan fingerprint density at radius 2 is 2.05 bits per heavy atom. The average molecular weight is 283 g/mol. The van der Waals surface area contributed by atoms with Crippen molar-refractivity contribution in [3.63, 3.8) is 0 Å². The van der Waals surface area contributed by atoms with E-state index in [0.717, 1.165) is 32.7 Å². The number of β-amino-alcohol motifs (C(OH)–C–C–N with tert-alkyl or cyclic N) is 1. The SMILES string of the molecule is Cc1nc(CN(C)CC(O)CN2CCN(C)CC2)no1. The Bertz CT molecular complexity index is 403. The van der Waals surface area contributed by atoms with Crippen LogP contribution in [0.2, 0.25) is 0 Å². The first-order chi connectivity index (χ1) is 9.52. The molecule has 0 aliphatic carbocycles. The van der Waals surface area contributed by atoms with Crippen LogP contribution in [-0.4, -0.2) is 89.4 Å². The fourth-order valence-corrected chi connectivity index (χ4v) is 2.46. The van der Waals surface area contributed by atoms with Crippen LogP contribution in [0, 0.1) is 6.92 Å². The van der Waals surface area contributed by atoms with Gasteiger partial charge in [-0.3, -0.25) is 9.80 Å². The van der Waals surface area contributed by atoms with Crippen molar-refractivity contribution >= 4 is 0 Å². The van der Waals surface area contributed by atoms with Crippen LogP contribution < -0.4 is 0 Å². The minimum Gasteiger partial charge on any atom is -0.390 e. The number of aliphatic hydroxyl groups is 1. The summed E-state index contributed by atoms with van der Waals surface area (Å²) in [6.07, 6.45) is -0.351. The van der Waals surface area contributed by atoms with Crippen molar-refractivity contribution < 1.29 is 9.63 Å². The van der Waals surface area contributed by atoms with E-state index in [1.165, 1.54) is 0 Å². The summed E-state index contributed by atoms with van der Waals surface area (Å²) in [6.45, 7) is 7.91. The minimum atomic E-state index is -0.351. The Morgan fingerprint density at radius 1 is 1.35 bits per heavy atom. The zero-order valence-electron chi connectivity index (χ0n) is 12.6. The van der Waals surface area contributed by atoms with Gasteiger partial charge in [-0.25, -0.2) is 0 Å². The number of aliphatic hydroxyl groups excluding tert-OH is 1. The minimum absolute atomic E-state index is 0.351. The third kappa shape index (κ3) is 4.82. The number of rotatable bonds is 6. The molecule has 7 nitrogen and oxygen atoms in total. The molecule has 0 spiro atoms. The van der Waals surface area contributed by atoms with E-state index in [1.54, 1.807) is 6.92 Å². The van der Waals surface area contributed by atoms with Gasteiger partial charge in [-0.05, 0) is 14.1 Å². The second kappa shape index (κ2) is 7.12. The maximum atomic E-state index is 10.2. The molecule has 0 radical (unpaired) electrons. The summed E-state index contributed by atoms with van der Waals surface area (Å²) in [5, 5.41) is 14.0. The van der Waals surface area contributed by atoms with Crippen molar-refractivity contribution in [2.45, 2.75) is 19.6 Å². The molecule has 0 bridgehead atoms. The molecule has 1 fully saturated rings. The summed E-state index contributed by atoms with van der Waals surface area (Å²) in [5.41, 5.74) is 0. The van der Waals surface area contributed by atoms with Crippen LogP contribution in [0.4, 0.5) is 0 Å². The summed E-state index contributed by atoms with van der Waals surface area (Å²) in [5.74, 6) is 1.24. The number of hydrogen-bond acceptors (Lipinski definition) is 7. The molecular weight excluding hydrogens is 258 g/mol. The van der Waals surface area contributed by atoms with Gasteiger partial charge in [0.15, 0.2) is 5.82 Å². The molecule has 1 aromatic heterocycles. The lowest BCUT2D eigenvalue weighted by Crippen LogP contribution is -2.48. The lowest BCUT2D eigenvalue weighted by atomic mass is 10.2. The van der Waals surface area contributed by atoms with Crippen molar-refractivity contribution in [2.24, 2.45) is 0 Å². The highest BCUT2D eigenvalue weighted by Gasteiger charge is 2.18. The Labute approximate surface area is 120 Å². The summed E-state index contributed by atoms with van der Waals surface area (Å²) in [4.78, 5) is 10.8. The van der Waals surface area contributed by atoms with E-state index in [9.17, 15) is 5.11 Å². The molecule has 1 atom stereocenters. The summed E-state index contributed by atoms with van der Waals surface area (Å²) in [7, 11) is 4.09. The van der Waals surface area contributed by atoms with E-state index in [0.29, 0.717) is 24.8 Å². The third-order valence-electron chi connectivity index (χ3n) is 3.57. The highest BCUT2D eigenvalue weighted by molar-refractivity contribution is 4.84. The highest BCUT2D eigenvalue weighted by Crippen LogP contribution is 2.03. The van der Waals surface area contributed by atoms with E-state index in [2.05, 4.69) is 27.0 Å². The molecule has 1 aromatic rings. The fourth-order valence-electron chi connectivity index (χ4n) is 2.46. The second-order valence-electron chi connectivity index (χ2n) is 5.68. The fraction of sp³-hybridized carbons (Fsp3) is 0.846. The highest BCUT2D eigenvalue weighted by atomic mass is 16.5. The number of likely N-dealkylation sites (N-methyl/N-ethyl adjacent to an activating group) is 2. The maximum Gasteiger partial charge on any atom is 0.223 e. The van der Waals surface area contributed by atoms with Gasteiger partial charge in [0.1, 0.15) is 0 Å². The molecule has 2 rings (SSSR count). The lowest BCUT2D eigenvalue weighted by molar-refractivity contribution is 0.0588. The number of aryl methyl sites for hydroxylation is 1. The molecule has 1 aliphatic heterocycles. The lowest BCUT2D eigenvalue weighted by Gasteiger charge is -2.34. The molecule has 7 heteroatoms. The van der Waals surface area contributed by atoms with Crippen LogP contribution in [0.1, 0.15) is 11.7 Å². The van der Waals surface area contributed by atoms with E-state index >= 15 is 0 Å². The van der Waals surface area contributed by atoms with Gasteiger partial charge in [-0.15, -0.1) is 0 Å². The Balaban J connectivity index is 1.69. The molecule has 0 saturated carbocycles.